The zero-order valence-electron chi connectivity index (χ0n) is 15.2. The van der Waals surface area contributed by atoms with Crippen LogP contribution < -0.4 is 4.74 Å². The summed E-state index contributed by atoms with van der Waals surface area (Å²) in [5, 5.41) is 0.586. The lowest BCUT2D eigenvalue weighted by Crippen LogP contribution is -2.42. The molecule has 27 heavy (non-hydrogen) atoms. The van der Waals surface area contributed by atoms with Crippen molar-refractivity contribution in [1.29, 1.82) is 0 Å². The number of halogens is 1. The van der Waals surface area contributed by atoms with E-state index in [2.05, 4.69) is 0 Å². The maximum absolute atomic E-state index is 12.7. The molecule has 1 aliphatic rings. The van der Waals surface area contributed by atoms with Crippen LogP contribution in [0.5, 0.6) is 5.75 Å². The molecule has 2 aromatic rings. The first-order valence-corrected chi connectivity index (χ1v) is 9.29. The highest BCUT2D eigenvalue weighted by Crippen LogP contribution is 2.23. The predicted octanol–water partition coefficient (Wildman–Crippen LogP) is 3.94. The van der Waals surface area contributed by atoms with Gasteiger partial charge in [-0.1, -0.05) is 29.8 Å². The van der Waals surface area contributed by atoms with E-state index < -0.39 is 0 Å². The number of hydrogen-bond acceptors (Lipinski definition) is 4. The van der Waals surface area contributed by atoms with E-state index in [9.17, 15) is 9.59 Å². The number of amides is 1. The summed E-state index contributed by atoms with van der Waals surface area (Å²) in [4.78, 5) is 26.9. The van der Waals surface area contributed by atoms with Gasteiger partial charge in [-0.15, -0.1) is 0 Å². The normalized spacial score (nSPS) is 16.7. The Morgan fingerprint density at radius 2 is 1.89 bits per heavy atom. The number of benzene rings is 2. The maximum atomic E-state index is 12.7. The van der Waals surface area contributed by atoms with E-state index in [-0.39, 0.29) is 24.4 Å². The molecule has 1 atom stereocenters. The minimum atomic E-state index is -0.315. The molecule has 1 unspecified atom stereocenters. The first-order chi connectivity index (χ1) is 13.1. The van der Waals surface area contributed by atoms with Crippen LogP contribution in [0.2, 0.25) is 5.02 Å². The van der Waals surface area contributed by atoms with Gasteiger partial charge >= 0.3 is 5.97 Å². The fourth-order valence-electron chi connectivity index (χ4n) is 3.22. The van der Waals surface area contributed by atoms with E-state index in [1.807, 2.05) is 24.3 Å². The molecule has 142 valence electrons. The van der Waals surface area contributed by atoms with E-state index in [1.165, 1.54) is 0 Å². The molecule has 1 amide bonds. The third kappa shape index (κ3) is 4.80. The molecule has 5 nitrogen and oxygen atoms in total. The number of esters is 1. The molecule has 0 N–H and O–H groups in total. The van der Waals surface area contributed by atoms with E-state index in [1.54, 1.807) is 36.3 Å². The average Bonchev–Trinajstić information content (AvgIpc) is 2.72. The third-order valence-corrected chi connectivity index (χ3v) is 4.95. The molecule has 0 spiro atoms. The van der Waals surface area contributed by atoms with E-state index in [0.29, 0.717) is 29.4 Å². The fraction of sp³-hybridized carbons (Fsp3) is 0.333. The second-order valence-corrected chi connectivity index (χ2v) is 6.95. The van der Waals surface area contributed by atoms with Crippen LogP contribution in [0, 0.1) is 5.92 Å². The molecule has 6 heteroatoms. The van der Waals surface area contributed by atoms with Gasteiger partial charge < -0.3 is 14.4 Å². The summed E-state index contributed by atoms with van der Waals surface area (Å²) >= 11 is 5.88. The Morgan fingerprint density at radius 1 is 1.15 bits per heavy atom. The van der Waals surface area contributed by atoms with Gasteiger partial charge in [0.2, 0.25) is 0 Å². The van der Waals surface area contributed by atoms with Crippen LogP contribution in [-0.4, -0.2) is 37.0 Å². The van der Waals surface area contributed by atoms with Crippen LogP contribution in [0.25, 0.3) is 0 Å². The summed E-state index contributed by atoms with van der Waals surface area (Å²) in [6.07, 6.45) is 1.49. The van der Waals surface area contributed by atoms with E-state index >= 15 is 0 Å². The minimum Gasteiger partial charge on any atom is -0.496 e. The van der Waals surface area contributed by atoms with Gasteiger partial charge in [-0.2, -0.15) is 0 Å². The SMILES string of the molecule is COc1ccccc1COC(=O)C1CCCN(C(=O)c2ccc(Cl)cc2)C1. The lowest BCUT2D eigenvalue weighted by atomic mass is 9.97. The largest absolute Gasteiger partial charge is 0.496 e. The van der Waals surface area contributed by atoms with Gasteiger partial charge in [0.1, 0.15) is 12.4 Å². The monoisotopic (exact) mass is 387 g/mol. The Bertz CT molecular complexity index is 806. The molecule has 0 radical (unpaired) electrons. The molecule has 0 aromatic heterocycles. The van der Waals surface area contributed by atoms with Gasteiger partial charge in [0.15, 0.2) is 0 Å². The van der Waals surface area contributed by atoms with Gasteiger partial charge in [-0.25, -0.2) is 0 Å². The number of methoxy groups -OCH3 is 1. The Labute approximate surface area is 163 Å². The molecule has 1 fully saturated rings. The van der Waals surface area contributed by atoms with Crippen molar-refractivity contribution in [3.05, 3.63) is 64.7 Å². The van der Waals surface area contributed by atoms with E-state index in [4.69, 9.17) is 21.1 Å². The first-order valence-electron chi connectivity index (χ1n) is 8.92. The van der Waals surface area contributed by atoms with Crippen molar-refractivity contribution in [2.45, 2.75) is 19.4 Å². The second kappa shape index (κ2) is 8.91. The van der Waals surface area contributed by atoms with Crippen molar-refractivity contribution in [2.24, 2.45) is 5.92 Å². The number of nitrogens with zero attached hydrogens (tertiary/aromatic N) is 1. The molecule has 1 heterocycles. The zero-order valence-corrected chi connectivity index (χ0v) is 15.9. The maximum Gasteiger partial charge on any atom is 0.311 e. The molecule has 0 aliphatic carbocycles. The second-order valence-electron chi connectivity index (χ2n) is 6.52. The van der Waals surface area contributed by atoms with Crippen LogP contribution in [0.15, 0.2) is 48.5 Å². The average molecular weight is 388 g/mol. The number of para-hydroxylation sites is 1. The molecule has 3 rings (SSSR count). The summed E-state index contributed by atoms with van der Waals surface area (Å²) in [6.45, 7) is 1.16. The Morgan fingerprint density at radius 3 is 2.63 bits per heavy atom. The van der Waals surface area contributed by atoms with Gasteiger partial charge in [0, 0.05) is 29.2 Å². The van der Waals surface area contributed by atoms with E-state index in [0.717, 1.165) is 18.4 Å². The topological polar surface area (TPSA) is 55.8 Å². The predicted molar refractivity (Wildman–Crippen MR) is 103 cm³/mol. The molecule has 2 aromatic carbocycles. The number of likely N-dealkylation sites (tertiary alicyclic amines) is 1. The summed E-state index contributed by atoms with van der Waals surface area (Å²) in [5.74, 6) is 0.00148. The first kappa shape index (κ1) is 19.2. The number of rotatable bonds is 5. The summed E-state index contributed by atoms with van der Waals surface area (Å²) in [5.41, 5.74) is 1.39. The van der Waals surface area contributed by atoms with Crippen LogP contribution in [0.1, 0.15) is 28.8 Å². The Balaban J connectivity index is 1.59. The smallest absolute Gasteiger partial charge is 0.311 e. The lowest BCUT2D eigenvalue weighted by molar-refractivity contribution is -0.151. The van der Waals surface area contributed by atoms with Gasteiger partial charge in [-0.3, -0.25) is 9.59 Å². The highest BCUT2D eigenvalue weighted by Gasteiger charge is 2.30. The highest BCUT2D eigenvalue weighted by atomic mass is 35.5. The third-order valence-electron chi connectivity index (χ3n) is 4.70. The van der Waals surface area contributed by atoms with Crippen LogP contribution in [0.4, 0.5) is 0 Å². The fourth-order valence-corrected chi connectivity index (χ4v) is 3.34. The van der Waals surface area contributed by atoms with Gasteiger partial charge in [-0.05, 0) is 43.2 Å². The van der Waals surface area contributed by atoms with Crippen LogP contribution in [-0.2, 0) is 16.1 Å². The quantitative estimate of drug-likeness (QED) is 0.729. The Kier molecular flexibility index (Phi) is 6.35. The number of hydrogen-bond donors (Lipinski definition) is 0. The van der Waals surface area contributed by atoms with Crippen molar-refractivity contribution in [3.63, 3.8) is 0 Å². The number of ether oxygens (including phenoxy) is 2. The molecule has 1 aliphatic heterocycles. The van der Waals surface area contributed by atoms with Crippen molar-refractivity contribution in [3.8, 4) is 5.75 Å². The molecular weight excluding hydrogens is 366 g/mol. The highest BCUT2D eigenvalue weighted by molar-refractivity contribution is 6.30. The standard InChI is InChI=1S/C21H22ClNO4/c1-26-19-7-3-2-5-17(19)14-27-21(25)16-6-4-12-23(13-16)20(24)15-8-10-18(22)11-9-15/h2-3,5,7-11,16H,4,6,12-14H2,1H3. The van der Waals surface area contributed by atoms with Crippen molar-refractivity contribution >= 4 is 23.5 Å². The molecule has 0 bridgehead atoms. The summed E-state index contributed by atoms with van der Waals surface area (Å²) < 4.78 is 10.8. The van der Waals surface area contributed by atoms with Crippen LogP contribution >= 0.6 is 11.6 Å². The van der Waals surface area contributed by atoms with Crippen molar-refractivity contribution in [2.75, 3.05) is 20.2 Å². The number of carbonyl (C=O) groups is 2. The summed E-state index contributed by atoms with van der Waals surface area (Å²) in [7, 11) is 1.59. The molecular formula is C21H22ClNO4. The van der Waals surface area contributed by atoms with Gasteiger partial charge in [0.25, 0.3) is 5.91 Å². The minimum absolute atomic E-state index is 0.0890. The molecule has 1 saturated heterocycles. The summed E-state index contributed by atoms with van der Waals surface area (Å²) in [6, 6.07) is 14.2. The number of piperidine rings is 1. The van der Waals surface area contributed by atoms with Crippen molar-refractivity contribution < 1.29 is 19.1 Å². The van der Waals surface area contributed by atoms with Gasteiger partial charge in [0.05, 0.1) is 13.0 Å². The Hall–Kier alpha value is -2.53. The lowest BCUT2D eigenvalue weighted by Gasteiger charge is -2.31. The van der Waals surface area contributed by atoms with Crippen LogP contribution in [0.3, 0.4) is 0 Å². The zero-order chi connectivity index (χ0) is 19.2. The van der Waals surface area contributed by atoms with Crippen molar-refractivity contribution in [1.82, 2.24) is 4.90 Å². The number of carbonyl (C=O) groups excluding carboxylic acids is 2. The molecule has 0 saturated carbocycles.